The maximum absolute atomic E-state index is 8.52. The first-order chi connectivity index (χ1) is 5.62. The monoisotopic (exact) mass is 175 g/mol. The highest BCUT2D eigenvalue weighted by molar-refractivity contribution is 4.70. The van der Waals surface area contributed by atoms with Crippen LogP contribution in [0.5, 0.6) is 0 Å². The number of aliphatic hydroxyl groups is 1. The third-order valence-electron chi connectivity index (χ3n) is 1.86. The quantitative estimate of drug-likeness (QED) is 0.562. The van der Waals surface area contributed by atoms with Gasteiger partial charge in [0, 0.05) is 20.3 Å². The van der Waals surface area contributed by atoms with Crippen LogP contribution in [0.4, 0.5) is 0 Å². The maximum atomic E-state index is 8.52. The van der Waals surface area contributed by atoms with Gasteiger partial charge in [-0.05, 0) is 33.2 Å². The molecule has 3 nitrogen and oxygen atoms in total. The first kappa shape index (κ1) is 11.9. The second-order valence-electron chi connectivity index (χ2n) is 3.57. The van der Waals surface area contributed by atoms with Gasteiger partial charge in [0.05, 0.1) is 5.60 Å². The summed E-state index contributed by atoms with van der Waals surface area (Å²) in [5.41, 5.74) is -0.0841. The normalized spacial score (nSPS) is 12.0. The fourth-order valence-electron chi connectivity index (χ4n) is 0.823. The Kier molecular flexibility index (Phi) is 6.34. The van der Waals surface area contributed by atoms with E-state index in [9.17, 15) is 0 Å². The van der Waals surface area contributed by atoms with E-state index in [1.165, 1.54) is 0 Å². The van der Waals surface area contributed by atoms with Crippen molar-refractivity contribution in [2.75, 3.05) is 26.8 Å². The highest BCUT2D eigenvalue weighted by atomic mass is 16.5. The number of rotatable bonds is 7. The molecule has 0 saturated heterocycles. The van der Waals surface area contributed by atoms with Crippen LogP contribution < -0.4 is 5.32 Å². The molecule has 74 valence electrons. The molecule has 0 aromatic rings. The number of ether oxygens (including phenoxy) is 1. The largest absolute Gasteiger partial charge is 0.396 e. The lowest BCUT2D eigenvalue weighted by Gasteiger charge is -2.23. The highest BCUT2D eigenvalue weighted by Gasteiger charge is 2.14. The Balaban J connectivity index is 3.19. The first-order valence-electron chi connectivity index (χ1n) is 4.49. The molecule has 0 radical (unpaired) electrons. The Labute approximate surface area is 75.1 Å². The first-order valence-corrected chi connectivity index (χ1v) is 4.49. The summed E-state index contributed by atoms with van der Waals surface area (Å²) in [6.07, 6.45) is 1.90. The summed E-state index contributed by atoms with van der Waals surface area (Å²) in [5.74, 6) is 0. The summed E-state index contributed by atoms with van der Waals surface area (Å²) in [7, 11) is 1.72. The SMILES string of the molecule is COC(C)(C)CNCCCCO. The topological polar surface area (TPSA) is 41.5 Å². The Morgan fingerprint density at radius 2 is 2.00 bits per heavy atom. The fraction of sp³-hybridized carbons (Fsp3) is 1.00. The zero-order valence-corrected chi connectivity index (χ0v) is 8.39. The number of aliphatic hydroxyl groups excluding tert-OH is 1. The number of unbranched alkanes of at least 4 members (excludes halogenated alkanes) is 1. The van der Waals surface area contributed by atoms with E-state index in [1.54, 1.807) is 7.11 Å². The van der Waals surface area contributed by atoms with Gasteiger partial charge in [-0.3, -0.25) is 0 Å². The molecule has 12 heavy (non-hydrogen) atoms. The summed E-state index contributed by atoms with van der Waals surface area (Å²) in [4.78, 5) is 0. The van der Waals surface area contributed by atoms with Crippen molar-refractivity contribution in [3.05, 3.63) is 0 Å². The molecule has 0 atom stereocenters. The lowest BCUT2D eigenvalue weighted by atomic mass is 10.1. The molecule has 3 heteroatoms. The van der Waals surface area contributed by atoms with Crippen LogP contribution in [0.3, 0.4) is 0 Å². The molecule has 0 aliphatic rings. The predicted molar refractivity (Wildman–Crippen MR) is 50.3 cm³/mol. The minimum atomic E-state index is -0.0841. The summed E-state index contributed by atoms with van der Waals surface area (Å²) >= 11 is 0. The van der Waals surface area contributed by atoms with Gasteiger partial charge in [0.1, 0.15) is 0 Å². The van der Waals surface area contributed by atoms with E-state index < -0.39 is 0 Å². The zero-order chi connectivity index (χ0) is 9.45. The summed E-state index contributed by atoms with van der Waals surface area (Å²) < 4.78 is 5.23. The Bertz CT molecular complexity index is 105. The number of hydrogen-bond donors (Lipinski definition) is 2. The van der Waals surface area contributed by atoms with Crippen molar-refractivity contribution in [2.45, 2.75) is 32.3 Å². The molecule has 0 heterocycles. The minimum Gasteiger partial charge on any atom is -0.396 e. The van der Waals surface area contributed by atoms with Gasteiger partial charge >= 0.3 is 0 Å². The second kappa shape index (κ2) is 6.40. The average molecular weight is 175 g/mol. The summed E-state index contributed by atoms with van der Waals surface area (Å²) in [6.45, 7) is 6.19. The van der Waals surface area contributed by atoms with Gasteiger partial charge in [0.25, 0.3) is 0 Å². The molecule has 0 aromatic heterocycles. The van der Waals surface area contributed by atoms with Crippen molar-refractivity contribution in [1.82, 2.24) is 5.32 Å². The highest BCUT2D eigenvalue weighted by Crippen LogP contribution is 2.04. The van der Waals surface area contributed by atoms with Crippen molar-refractivity contribution in [1.29, 1.82) is 0 Å². The van der Waals surface area contributed by atoms with Crippen molar-refractivity contribution in [3.8, 4) is 0 Å². The average Bonchev–Trinajstić information content (AvgIpc) is 2.04. The van der Waals surface area contributed by atoms with Crippen LogP contribution >= 0.6 is 0 Å². The van der Waals surface area contributed by atoms with Crippen LogP contribution in [0.2, 0.25) is 0 Å². The molecule has 0 unspecified atom stereocenters. The molecule has 0 amide bonds. The minimum absolute atomic E-state index is 0.0841. The Morgan fingerprint density at radius 1 is 1.33 bits per heavy atom. The molecule has 0 aliphatic heterocycles. The third-order valence-corrected chi connectivity index (χ3v) is 1.86. The van der Waals surface area contributed by atoms with Crippen LogP contribution in [0.25, 0.3) is 0 Å². The molecule has 2 N–H and O–H groups in total. The van der Waals surface area contributed by atoms with Crippen molar-refractivity contribution in [3.63, 3.8) is 0 Å². The van der Waals surface area contributed by atoms with E-state index in [-0.39, 0.29) is 12.2 Å². The third kappa shape index (κ3) is 6.58. The van der Waals surface area contributed by atoms with Gasteiger partial charge < -0.3 is 15.2 Å². The van der Waals surface area contributed by atoms with E-state index in [0.29, 0.717) is 0 Å². The van der Waals surface area contributed by atoms with E-state index in [1.807, 2.05) is 13.8 Å². The smallest absolute Gasteiger partial charge is 0.0746 e. The molecule has 0 saturated carbocycles. The second-order valence-corrected chi connectivity index (χ2v) is 3.57. The molecule has 0 fully saturated rings. The fourth-order valence-corrected chi connectivity index (χ4v) is 0.823. The lowest BCUT2D eigenvalue weighted by Crippen LogP contribution is -2.37. The van der Waals surface area contributed by atoms with Crippen LogP contribution in [-0.4, -0.2) is 37.5 Å². The Hall–Kier alpha value is -0.120. The van der Waals surface area contributed by atoms with Crippen LogP contribution in [0.1, 0.15) is 26.7 Å². The van der Waals surface area contributed by atoms with Gasteiger partial charge in [-0.25, -0.2) is 0 Å². The van der Waals surface area contributed by atoms with E-state index in [4.69, 9.17) is 9.84 Å². The number of hydrogen-bond acceptors (Lipinski definition) is 3. The van der Waals surface area contributed by atoms with Gasteiger partial charge in [0.15, 0.2) is 0 Å². The summed E-state index contributed by atoms with van der Waals surface area (Å²) in [5, 5.41) is 11.8. The molecule has 0 spiro atoms. The predicted octanol–water partition coefficient (Wildman–Crippen LogP) is 0.773. The molecule has 0 aliphatic carbocycles. The van der Waals surface area contributed by atoms with Gasteiger partial charge in [0.2, 0.25) is 0 Å². The van der Waals surface area contributed by atoms with Gasteiger partial charge in [-0.2, -0.15) is 0 Å². The van der Waals surface area contributed by atoms with E-state index in [2.05, 4.69) is 5.32 Å². The van der Waals surface area contributed by atoms with Gasteiger partial charge in [-0.15, -0.1) is 0 Å². The molecular weight excluding hydrogens is 154 g/mol. The zero-order valence-electron chi connectivity index (χ0n) is 8.39. The lowest BCUT2D eigenvalue weighted by molar-refractivity contribution is 0.0233. The standard InChI is InChI=1S/C9H21NO2/c1-9(2,12-3)8-10-6-4-5-7-11/h10-11H,4-8H2,1-3H3. The molecule has 0 aromatic carbocycles. The van der Waals surface area contributed by atoms with Crippen molar-refractivity contribution < 1.29 is 9.84 Å². The van der Waals surface area contributed by atoms with Gasteiger partial charge in [-0.1, -0.05) is 0 Å². The number of nitrogens with one attached hydrogen (secondary N) is 1. The van der Waals surface area contributed by atoms with Crippen LogP contribution in [-0.2, 0) is 4.74 Å². The summed E-state index contributed by atoms with van der Waals surface area (Å²) in [6, 6.07) is 0. The van der Waals surface area contributed by atoms with Crippen LogP contribution in [0, 0.1) is 0 Å². The molecule has 0 bridgehead atoms. The van der Waals surface area contributed by atoms with Crippen molar-refractivity contribution >= 4 is 0 Å². The molecular formula is C9H21NO2. The van der Waals surface area contributed by atoms with Crippen molar-refractivity contribution in [2.24, 2.45) is 0 Å². The van der Waals surface area contributed by atoms with Crippen LogP contribution in [0.15, 0.2) is 0 Å². The number of methoxy groups -OCH3 is 1. The maximum Gasteiger partial charge on any atom is 0.0746 e. The van der Waals surface area contributed by atoms with E-state index in [0.717, 1.165) is 25.9 Å². The van der Waals surface area contributed by atoms with E-state index >= 15 is 0 Å². The molecule has 0 rings (SSSR count). The Morgan fingerprint density at radius 3 is 2.50 bits per heavy atom.